The fourth-order valence-electron chi connectivity index (χ4n) is 3.74. The SMILES string of the molecule is CN1CCC2CCCCC21.Cn1ncc2ccccc21. The Kier molecular flexibility index (Phi) is 4.06. The maximum atomic E-state index is 4.11. The van der Waals surface area contributed by atoms with Crippen molar-refractivity contribution in [2.24, 2.45) is 13.0 Å². The summed E-state index contributed by atoms with van der Waals surface area (Å²) in [6, 6.07) is 9.12. The van der Waals surface area contributed by atoms with Crippen molar-refractivity contribution in [3.8, 4) is 0 Å². The smallest absolute Gasteiger partial charge is 0.0679 e. The van der Waals surface area contributed by atoms with Gasteiger partial charge in [-0.3, -0.25) is 4.68 Å². The summed E-state index contributed by atoms with van der Waals surface area (Å²) in [7, 11) is 4.23. The number of likely N-dealkylation sites (tertiary alicyclic amines) is 1. The highest BCUT2D eigenvalue weighted by Gasteiger charge is 2.32. The standard InChI is InChI=1S/C9H17N.C8H8N2/c1-10-7-6-8-4-2-3-5-9(8)10;1-10-8-5-3-2-4-7(8)6-9-10/h8-9H,2-7H2,1H3;2-6H,1H3. The molecule has 0 bridgehead atoms. The number of aryl methyl sites for hydroxylation is 1. The summed E-state index contributed by atoms with van der Waals surface area (Å²) in [5.41, 5.74) is 1.18. The van der Waals surface area contributed by atoms with Gasteiger partial charge in [0, 0.05) is 18.5 Å². The van der Waals surface area contributed by atoms with Crippen LogP contribution in [-0.4, -0.2) is 34.3 Å². The zero-order valence-electron chi connectivity index (χ0n) is 12.6. The monoisotopic (exact) mass is 271 g/mol. The minimum Gasteiger partial charge on any atom is -0.303 e. The van der Waals surface area contributed by atoms with Crippen molar-refractivity contribution < 1.29 is 0 Å². The molecule has 1 aliphatic carbocycles. The van der Waals surface area contributed by atoms with Crippen LogP contribution in [-0.2, 0) is 7.05 Å². The van der Waals surface area contributed by atoms with E-state index < -0.39 is 0 Å². The summed E-state index contributed by atoms with van der Waals surface area (Å²) < 4.78 is 1.87. The predicted molar refractivity (Wildman–Crippen MR) is 83.7 cm³/mol. The molecule has 0 spiro atoms. The van der Waals surface area contributed by atoms with Crippen molar-refractivity contribution in [2.45, 2.75) is 38.1 Å². The second kappa shape index (κ2) is 5.96. The van der Waals surface area contributed by atoms with Crippen LogP contribution < -0.4 is 0 Å². The lowest BCUT2D eigenvalue weighted by molar-refractivity contribution is 0.215. The maximum absolute atomic E-state index is 4.11. The minimum atomic E-state index is 0.966. The van der Waals surface area contributed by atoms with E-state index in [1.54, 1.807) is 0 Å². The van der Waals surface area contributed by atoms with Gasteiger partial charge in [0.1, 0.15) is 0 Å². The molecule has 108 valence electrons. The Bertz CT molecular complexity index is 558. The molecule has 0 radical (unpaired) electrons. The van der Waals surface area contributed by atoms with E-state index >= 15 is 0 Å². The molecule has 20 heavy (non-hydrogen) atoms. The molecule has 2 aromatic rings. The lowest BCUT2D eigenvalue weighted by Crippen LogP contribution is -2.31. The zero-order chi connectivity index (χ0) is 13.9. The Morgan fingerprint density at radius 3 is 2.65 bits per heavy atom. The van der Waals surface area contributed by atoms with Gasteiger partial charge in [0.05, 0.1) is 11.7 Å². The largest absolute Gasteiger partial charge is 0.303 e. The molecule has 1 aromatic carbocycles. The third kappa shape index (κ3) is 2.73. The summed E-state index contributed by atoms with van der Waals surface area (Å²) >= 11 is 0. The van der Waals surface area contributed by atoms with Crippen LogP contribution in [0.2, 0.25) is 0 Å². The van der Waals surface area contributed by atoms with E-state index in [1.807, 2.05) is 30.1 Å². The van der Waals surface area contributed by atoms with Gasteiger partial charge < -0.3 is 4.90 Å². The molecule has 1 aromatic heterocycles. The van der Waals surface area contributed by atoms with Gasteiger partial charge in [-0.25, -0.2) is 0 Å². The number of rotatable bonds is 0. The maximum Gasteiger partial charge on any atom is 0.0679 e. The fraction of sp³-hybridized carbons (Fsp3) is 0.588. The first kappa shape index (κ1) is 13.6. The van der Waals surface area contributed by atoms with E-state index in [1.165, 1.54) is 49.6 Å². The molecule has 1 saturated heterocycles. The quantitative estimate of drug-likeness (QED) is 0.731. The number of benzene rings is 1. The van der Waals surface area contributed by atoms with Crippen molar-refractivity contribution in [2.75, 3.05) is 13.6 Å². The molecular formula is C17H25N3. The highest BCUT2D eigenvalue weighted by molar-refractivity contribution is 5.78. The van der Waals surface area contributed by atoms with Crippen molar-refractivity contribution in [3.63, 3.8) is 0 Å². The summed E-state index contributed by atoms with van der Waals surface area (Å²) in [4.78, 5) is 2.56. The highest BCUT2D eigenvalue weighted by atomic mass is 15.2. The highest BCUT2D eigenvalue weighted by Crippen LogP contribution is 2.34. The van der Waals surface area contributed by atoms with Gasteiger partial charge in [-0.05, 0) is 44.8 Å². The zero-order valence-corrected chi connectivity index (χ0v) is 12.6. The predicted octanol–water partition coefficient (Wildman–Crippen LogP) is 3.45. The van der Waals surface area contributed by atoms with Gasteiger partial charge in [-0.15, -0.1) is 0 Å². The molecular weight excluding hydrogens is 246 g/mol. The van der Waals surface area contributed by atoms with E-state index in [4.69, 9.17) is 0 Å². The van der Waals surface area contributed by atoms with Crippen LogP contribution in [0.4, 0.5) is 0 Å². The first-order valence-electron chi connectivity index (χ1n) is 7.82. The van der Waals surface area contributed by atoms with E-state index in [9.17, 15) is 0 Å². The Balaban J connectivity index is 0.000000121. The van der Waals surface area contributed by atoms with Crippen LogP contribution in [0.25, 0.3) is 10.9 Å². The summed E-state index contributed by atoms with van der Waals surface area (Å²) in [6.45, 7) is 1.36. The normalized spacial score (nSPS) is 26.1. The van der Waals surface area contributed by atoms with Crippen LogP contribution >= 0.6 is 0 Å². The molecule has 1 saturated carbocycles. The van der Waals surface area contributed by atoms with Crippen LogP contribution in [0.15, 0.2) is 30.5 Å². The number of nitrogens with zero attached hydrogens (tertiary/aromatic N) is 3. The Morgan fingerprint density at radius 1 is 1.05 bits per heavy atom. The molecule has 2 heterocycles. The van der Waals surface area contributed by atoms with Crippen molar-refractivity contribution in [3.05, 3.63) is 30.5 Å². The number of fused-ring (bicyclic) bond motifs is 2. The van der Waals surface area contributed by atoms with Crippen LogP contribution in [0, 0.1) is 5.92 Å². The lowest BCUT2D eigenvalue weighted by atomic mass is 9.85. The molecule has 2 fully saturated rings. The van der Waals surface area contributed by atoms with Gasteiger partial charge in [0.25, 0.3) is 0 Å². The molecule has 1 aliphatic heterocycles. The second-order valence-corrected chi connectivity index (χ2v) is 6.21. The number of hydrogen-bond acceptors (Lipinski definition) is 2. The first-order chi connectivity index (χ1) is 9.75. The van der Waals surface area contributed by atoms with E-state index in [2.05, 4.69) is 29.2 Å². The summed E-state index contributed by atoms with van der Waals surface area (Å²) in [5, 5.41) is 5.31. The average Bonchev–Trinajstić information content (AvgIpc) is 3.05. The third-order valence-electron chi connectivity index (χ3n) is 4.94. The molecule has 3 nitrogen and oxygen atoms in total. The van der Waals surface area contributed by atoms with Gasteiger partial charge >= 0.3 is 0 Å². The fourth-order valence-corrected chi connectivity index (χ4v) is 3.74. The van der Waals surface area contributed by atoms with Crippen molar-refractivity contribution >= 4 is 10.9 Å². The van der Waals surface area contributed by atoms with E-state index in [0.717, 1.165) is 12.0 Å². The average molecular weight is 271 g/mol. The molecule has 0 amide bonds. The van der Waals surface area contributed by atoms with Gasteiger partial charge in [0.2, 0.25) is 0 Å². The summed E-state index contributed by atoms with van der Waals surface area (Å²) in [6.07, 6.45) is 9.30. The molecule has 2 aliphatic rings. The minimum absolute atomic E-state index is 0.966. The lowest BCUT2D eigenvalue weighted by Gasteiger charge is -2.28. The van der Waals surface area contributed by atoms with Crippen LogP contribution in [0.3, 0.4) is 0 Å². The van der Waals surface area contributed by atoms with Crippen molar-refractivity contribution in [1.29, 1.82) is 0 Å². The van der Waals surface area contributed by atoms with Gasteiger partial charge in [0.15, 0.2) is 0 Å². The van der Waals surface area contributed by atoms with Crippen LogP contribution in [0.1, 0.15) is 32.1 Å². The van der Waals surface area contributed by atoms with E-state index in [0.29, 0.717) is 0 Å². The van der Waals surface area contributed by atoms with E-state index in [-0.39, 0.29) is 0 Å². The van der Waals surface area contributed by atoms with Crippen LogP contribution in [0.5, 0.6) is 0 Å². The molecule has 4 rings (SSSR count). The third-order valence-corrected chi connectivity index (χ3v) is 4.94. The number of aromatic nitrogens is 2. The molecule has 2 atom stereocenters. The molecule has 0 N–H and O–H groups in total. The topological polar surface area (TPSA) is 21.1 Å². The summed E-state index contributed by atoms with van der Waals surface area (Å²) in [5.74, 6) is 1.07. The van der Waals surface area contributed by atoms with Gasteiger partial charge in [-0.1, -0.05) is 31.0 Å². The Labute approximate surface area is 121 Å². The molecule has 3 heteroatoms. The Hall–Kier alpha value is -1.35. The number of hydrogen-bond donors (Lipinski definition) is 0. The van der Waals surface area contributed by atoms with Gasteiger partial charge in [-0.2, -0.15) is 5.10 Å². The second-order valence-electron chi connectivity index (χ2n) is 6.21. The first-order valence-corrected chi connectivity index (χ1v) is 7.82. The number of para-hydroxylation sites is 1. The Morgan fingerprint density at radius 2 is 1.85 bits per heavy atom. The van der Waals surface area contributed by atoms with Crippen molar-refractivity contribution in [1.82, 2.24) is 14.7 Å². The molecule has 2 unspecified atom stereocenters.